The van der Waals surface area contributed by atoms with E-state index in [9.17, 15) is 0 Å². The Bertz CT molecular complexity index is 607. The molecule has 3 rings (SSSR count). The Kier molecular flexibility index (Phi) is 4.72. The van der Waals surface area contributed by atoms with Gasteiger partial charge in [-0.25, -0.2) is 4.68 Å². The molecule has 22 heavy (non-hydrogen) atoms. The van der Waals surface area contributed by atoms with Crippen molar-refractivity contribution < 1.29 is 9.26 Å². The highest BCUT2D eigenvalue weighted by Gasteiger charge is 2.22. The third-order valence-corrected chi connectivity index (χ3v) is 4.56. The Labute approximate surface area is 133 Å². The average molecular weight is 324 g/mol. The van der Waals surface area contributed by atoms with Crippen LogP contribution in [0.2, 0.25) is 0 Å². The molecular weight excluding hydrogens is 304 g/mol. The van der Waals surface area contributed by atoms with Crippen molar-refractivity contribution in [3.8, 4) is 0 Å². The summed E-state index contributed by atoms with van der Waals surface area (Å²) in [6.45, 7) is 7.59. The van der Waals surface area contributed by atoms with Crippen LogP contribution < -0.4 is 0 Å². The van der Waals surface area contributed by atoms with Crippen LogP contribution in [0.4, 0.5) is 0 Å². The first-order valence-corrected chi connectivity index (χ1v) is 8.39. The number of rotatable bonds is 6. The van der Waals surface area contributed by atoms with Crippen LogP contribution in [0, 0.1) is 0 Å². The summed E-state index contributed by atoms with van der Waals surface area (Å²) in [7, 11) is 0. The lowest BCUT2D eigenvalue weighted by molar-refractivity contribution is 0.0911. The first kappa shape index (κ1) is 15.4. The summed E-state index contributed by atoms with van der Waals surface area (Å²) < 4.78 is 12.7. The minimum atomic E-state index is -0.00533. The molecule has 0 amide bonds. The second-order valence-electron chi connectivity index (χ2n) is 5.68. The van der Waals surface area contributed by atoms with Crippen LogP contribution in [-0.4, -0.2) is 43.1 Å². The molecule has 3 heterocycles. The molecule has 2 aromatic heterocycles. The van der Waals surface area contributed by atoms with Gasteiger partial charge in [-0.05, 0) is 30.2 Å². The molecule has 0 unspecified atom stereocenters. The smallest absolute Gasteiger partial charge is 0.239 e. The van der Waals surface area contributed by atoms with Crippen molar-refractivity contribution in [3.05, 3.63) is 11.7 Å². The first-order valence-electron chi connectivity index (χ1n) is 7.51. The maximum absolute atomic E-state index is 5.63. The van der Waals surface area contributed by atoms with Gasteiger partial charge in [-0.1, -0.05) is 30.8 Å². The largest absolute Gasteiger partial charge is 0.376 e. The predicted octanol–water partition coefficient (Wildman–Crippen LogP) is 2.21. The van der Waals surface area contributed by atoms with Gasteiger partial charge in [0, 0.05) is 12.5 Å². The molecule has 0 aromatic carbocycles. The minimum Gasteiger partial charge on any atom is -0.376 e. The normalized spacial score (nSPS) is 19.9. The molecule has 8 nitrogen and oxygen atoms in total. The molecule has 9 heteroatoms. The summed E-state index contributed by atoms with van der Waals surface area (Å²) in [5.41, 5.74) is 0. The summed E-state index contributed by atoms with van der Waals surface area (Å²) in [5.74, 6) is 1.57. The maximum Gasteiger partial charge on any atom is 0.239 e. The van der Waals surface area contributed by atoms with E-state index in [0.717, 1.165) is 30.4 Å². The van der Waals surface area contributed by atoms with Crippen molar-refractivity contribution in [1.29, 1.82) is 0 Å². The molecular formula is C13H20N6O2S. The van der Waals surface area contributed by atoms with Crippen LogP contribution in [0.5, 0.6) is 0 Å². The minimum absolute atomic E-state index is 0.00533. The Morgan fingerprint density at radius 1 is 1.36 bits per heavy atom. The van der Waals surface area contributed by atoms with Crippen LogP contribution in [-0.2, 0) is 11.3 Å². The van der Waals surface area contributed by atoms with E-state index in [1.165, 1.54) is 11.8 Å². The van der Waals surface area contributed by atoms with Crippen LogP contribution >= 0.6 is 11.8 Å². The standard InChI is InChI=1S/C13H20N6O2S/c1-8(2)11-14-12(21-16-11)9(3)22-13-15-17-18-19(13)7-10-5-4-6-20-10/h8-10H,4-7H2,1-3H3/t9-,10-/m0/s1. The van der Waals surface area contributed by atoms with Gasteiger partial charge in [-0.15, -0.1) is 5.10 Å². The zero-order chi connectivity index (χ0) is 15.5. The molecule has 2 aromatic rings. The van der Waals surface area contributed by atoms with Crippen molar-refractivity contribution in [2.24, 2.45) is 0 Å². The van der Waals surface area contributed by atoms with Gasteiger partial charge in [0.2, 0.25) is 11.0 Å². The van der Waals surface area contributed by atoms with Gasteiger partial charge in [-0.2, -0.15) is 4.98 Å². The second-order valence-corrected chi connectivity index (χ2v) is 6.99. The SMILES string of the molecule is CC(C)c1noc([C@H](C)Sc2nnnn2C[C@@H]2CCCO2)n1. The Morgan fingerprint density at radius 2 is 2.23 bits per heavy atom. The molecule has 0 spiro atoms. The molecule has 0 bridgehead atoms. The average Bonchev–Trinajstić information content (AvgIpc) is 3.21. The molecule has 0 aliphatic carbocycles. The topological polar surface area (TPSA) is 91.8 Å². The molecule has 1 saturated heterocycles. The highest BCUT2D eigenvalue weighted by atomic mass is 32.2. The highest BCUT2D eigenvalue weighted by molar-refractivity contribution is 7.99. The molecule has 0 N–H and O–H groups in total. The monoisotopic (exact) mass is 324 g/mol. The zero-order valence-corrected chi connectivity index (χ0v) is 13.8. The maximum atomic E-state index is 5.63. The van der Waals surface area contributed by atoms with Gasteiger partial charge in [0.25, 0.3) is 0 Å². The lowest BCUT2D eigenvalue weighted by Crippen LogP contribution is -2.17. The van der Waals surface area contributed by atoms with Crippen LogP contribution in [0.3, 0.4) is 0 Å². The Balaban J connectivity index is 1.65. The van der Waals surface area contributed by atoms with E-state index in [1.54, 1.807) is 4.68 Å². The summed E-state index contributed by atoms with van der Waals surface area (Å²) in [6.07, 6.45) is 2.36. The zero-order valence-electron chi connectivity index (χ0n) is 13.0. The Morgan fingerprint density at radius 3 is 2.91 bits per heavy atom. The second kappa shape index (κ2) is 6.74. The molecule has 0 saturated carbocycles. The van der Waals surface area contributed by atoms with E-state index >= 15 is 0 Å². The van der Waals surface area contributed by atoms with Gasteiger partial charge < -0.3 is 9.26 Å². The fourth-order valence-corrected chi connectivity index (χ4v) is 3.06. The van der Waals surface area contributed by atoms with Crippen LogP contribution in [0.1, 0.15) is 56.5 Å². The van der Waals surface area contributed by atoms with Crippen molar-refractivity contribution in [3.63, 3.8) is 0 Å². The third-order valence-electron chi connectivity index (χ3n) is 3.50. The van der Waals surface area contributed by atoms with Crippen molar-refractivity contribution in [1.82, 2.24) is 30.3 Å². The van der Waals surface area contributed by atoms with Gasteiger partial charge >= 0.3 is 0 Å². The van der Waals surface area contributed by atoms with Gasteiger partial charge in [0.1, 0.15) is 0 Å². The number of aromatic nitrogens is 6. The number of nitrogens with zero attached hydrogens (tertiary/aromatic N) is 6. The van der Waals surface area contributed by atoms with Gasteiger partial charge in [0.05, 0.1) is 17.9 Å². The number of hydrogen-bond acceptors (Lipinski definition) is 8. The molecule has 2 atom stereocenters. The van der Waals surface area contributed by atoms with Crippen LogP contribution in [0.15, 0.2) is 9.68 Å². The van der Waals surface area contributed by atoms with Crippen molar-refractivity contribution >= 4 is 11.8 Å². The lowest BCUT2D eigenvalue weighted by Gasteiger charge is -2.11. The summed E-state index contributed by atoms with van der Waals surface area (Å²) in [6, 6.07) is 0. The predicted molar refractivity (Wildman–Crippen MR) is 79.5 cm³/mol. The lowest BCUT2D eigenvalue weighted by atomic mass is 10.2. The summed E-state index contributed by atoms with van der Waals surface area (Å²) in [4.78, 5) is 4.42. The third kappa shape index (κ3) is 3.46. The highest BCUT2D eigenvalue weighted by Crippen LogP contribution is 2.33. The molecule has 1 aliphatic heterocycles. The van der Waals surface area contributed by atoms with Crippen LogP contribution in [0.25, 0.3) is 0 Å². The molecule has 0 radical (unpaired) electrons. The van der Waals surface area contributed by atoms with E-state index in [-0.39, 0.29) is 17.3 Å². The summed E-state index contributed by atoms with van der Waals surface area (Å²) in [5, 5.41) is 16.6. The fourth-order valence-electron chi connectivity index (χ4n) is 2.23. The molecule has 1 fully saturated rings. The number of tetrazole rings is 1. The van der Waals surface area contributed by atoms with E-state index in [0.29, 0.717) is 12.4 Å². The number of hydrogen-bond donors (Lipinski definition) is 0. The number of ether oxygens (including phenoxy) is 1. The first-order chi connectivity index (χ1) is 10.6. The van der Waals surface area contributed by atoms with Crippen molar-refractivity contribution in [2.45, 2.75) is 62.6 Å². The summed E-state index contributed by atoms with van der Waals surface area (Å²) >= 11 is 1.51. The molecule has 120 valence electrons. The van der Waals surface area contributed by atoms with E-state index in [4.69, 9.17) is 9.26 Å². The van der Waals surface area contributed by atoms with Gasteiger partial charge in [0.15, 0.2) is 5.82 Å². The van der Waals surface area contributed by atoms with Crippen molar-refractivity contribution in [2.75, 3.05) is 6.61 Å². The molecule has 1 aliphatic rings. The quantitative estimate of drug-likeness (QED) is 0.747. The van der Waals surface area contributed by atoms with E-state index in [2.05, 4.69) is 25.7 Å². The van der Waals surface area contributed by atoms with E-state index < -0.39 is 0 Å². The fraction of sp³-hybridized carbons (Fsp3) is 0.769. The Hall–Kier alpha value is -1.48. The van der Waals surface area contributed by atoms with Gasteiger partial charge in [-0.3, -0.25) is 0 Å². The van der Waals surface area contributed by atoms with E-state index in [1.807, 2.05) is 20.8 Å². The number of thioether (sulfide) groups is 1.